The van der Waals surface area contributed by atoms with Crippen LogP contribution in [-0.4, -0.2) is 37.5 Å². The highest BCUT2D eigenvalue weighted by molar-refractivity contribution is 5.75. The number of tetrazole rings is 1. The highest BCUT2D eigenvalue weighted by Gasteiger charge is 2.35. The lowest BCUT2D eigenvalue weighted by molar-refractivity contribution is 0.415. The van der Waals surface area contributed by atoms with Crippen LogP contribution in [0.25, 0.3) is 11.3 Å². The molecule has 0 saturated heterocycles. The molecule has 134 valence electrons. The molecule has 1 atom stereocenters. The molecular formula is C17H13N7O3. The number of fused-ring (bicyclic) bond motifs is 2. The van der Waals surface area contributed by atoms with Gasteiger partial charge in [-0.3, -0.25) is 4.79 Å². The molecule has 1 aliphatic rings. The zero-order valence-electron chi connectivity index (χ0n) is 14.1. The standard InChI is InChI=1S/C17H13N7O3/c1-26-10-6-4-9(5-7-10)13-12-14(16(25)20-19-13)18-17-21-22-23-24(17)15(12)11-3-2-8-27-11/h2-8,15H,1H3,(H,20,25)(H,18,21,23)/t15-/m1/s1. The summed E-state index contributed by atoms with van der Waals surface area (Å²) in [6.45, 7) is 0. The van der Waals surface area contributed by atoms with Crippen LogP contribution < -0.4 is 15.6 Å². The molecule has 1 aromatic carbocycles. The van der Waals surface area contributed by atoms with Gasteiger partial charge in [0, 0.05) is 11.1 Å². The van der Waals surface area contributed by atoms with E-state index in [1.54, 1.807) is 24.1 Å². The fourth-order valence-corrected chi connectivity index (χ4v) is 3.22. The molecule has 0 bridgehead atoms. The number of hydrogen-bond acceptors (Lipinski definition) is 8. The first-order chi connectivity index (χ1) is 13.3. The third-order valence-electron chi connectivity index (χ3n) is 4.44. The molecule has 4 heterocycles. The number of ether oxygens (including phenoxy) is 1. The summed E-state index contributed by atoms with van der Waals surface area (Å²) in [5.41, 5.74) is 1.98. The van der Waals surface area contributed by atoms with Gasteiger partial charge in [-0.2, -0.15) is 9.78 Å². The molecule has 2 N–H and O–H groups in total. The monoisotopic (exact) mass is 363 g/mol. The lowest BCUT2D eigenvalue weighted by atomic mass is 9.96. The predicted octanol–water partition coefficient (Wildman–Crippen LogP) is 1.72. The number of aromatic nitrogens is 6. The number of aromatic amines is 1. The fourth-order valence-electron chi connectivity index (χ4n) is 3.22. The van der Waals surface area contributed by atoms with E-state index in [2.05, 4.69) is 31.0 Å². The van der Waals surface area contributed by atoms with Crippen LogP contribution in [0.15, 0.2) is 51.9 Å². The SMILES string of the molecule is COc1ccc(-c2n[nH]c(=O)c3c2[C@@H](c2ccco2)n2nnnc2N3)cc1. The van der Waals surface area contributed by atoms with Gasteiger partial charge in [-0.05, 0) is 46.8 Å². The van der Waals surface area contributed by atoms with Gasteiger partial charge < -0.3 is 14.5 Å². The fraction of sp³-hybridized carbons (Fsp3) is 0.118. The van der Waals surface area contributed by atoms with Crippen molar-refractivity contribution in [2.75, 3.05) is 12.4 Å². The van der Waals surface area contributed by atoms with Crippen molar-refractivity contribution < 1.29 is 9.15 Å². The summed E-state index contributed by atoms with van der Waals surface area (Å²) in [6.07, 6.45) is 1.56. The summed E-state index contributed by atoms with van der Waals surface area (Å²) >= 11 is 0. The van der Waals surface area contributed by atoms with Crippen LogP contribution in [0.4, 0.5) is 11.6 Å². The minimum absolute atomic E-state index is 0.333. The van der Waals surface area contributed by atoms with Gasteiger partial charge in [0.05, 0.1) is 19.1 Å². The molecular weight excluding hydrogens is 350 g/mol. The maximum Gasteiger partial charge on any atom is 0.288 e. The van der Waals surface area contributed by atoms with Crippen molar-refractivity contribution in [3.05, 3.63) is 64.3 Å². The molecule has 10 heteroatoms. The Kier molecular flexibility index (Phi) is 3.29. The van der Waals surface area contributed by atoms with Crippen molar-refractivity contribution in [2.24, 2.45) is 0 Å². The first-order valence-corrected chi connectivity index (χ1v) is 8.11. The molecule has 10 nitrogen and oxygen atoms in total. The van der Waals surface area contributed by atoms with Gasteiger partial charge in [-0.15, -0.1) is 0 Å². The van der Waals surface area contributed by atoms with Crippen LogP contribution in [0.3, 0.4) is 0 Å². The highest BCUT2D eigenvalue weighted by atomic mass is 16.5. The van der Waals surface area contributed by atoms with E-state index in [9.17, 15) is 4.79 Å². The second-order valence-corrected chi connectivity index (χ2v) is 5.91. The van der Waals surface area contributed by atoms with Gasteiger partial charge in [-0.25, -0.2) is 5.10 Å². The maximum absolute atomic E-state index is 12.5. The van der Waals surface area contributed by atoms with E-state index in [-0.39, 0.29) is 5.56 Å². The molecule has 0 radical (unpaired) electrons. The topological polar surface area (TPSA) is 124 Å². The minimum Gasteiger partial charge on any atom is -0.497 e. The summed E-state index contributed by atoms with van der Waals surface area (Å²) in [5, 5.41) is 21.5. The first-order valence-electron chi connectivity index (χ1n) is 8.11. The minimum atomic E-state index is -0.534. The summed E-state index contributed by atoms with van der Waals surface area (Å²) in [7, 11) is 1.60. The van der Waals surface area contributed by atoms with Gasteiger partial charge in [0.1, 0.15) is 23.2 Å². The van der Waals surface area contributed by atoms with Crippen molar-refractivity contribution >= 4 is 11.6 Å². The first kappa shape index (κ1) is 15.3. The number of nitrogens with one attached hydrogen (secondary N) is 2. The molecule has 0 aliphatic carbocycles. The smallest absolute Gasteiger partial charge is 0.288 e. The average Bonchev–Trinajstić information content (AvgIpc) is 3.39. The Hall–Kier alpha value is -3.95. The van der Waals surface area contributed by atoms with Crippen LogP contribution in [0.1, 0.15) is 17.4 Å². The second-order valence-electron chi connectivity index (χ2n) is 5.91. The Morgan fingerprint density at radius 2 is 2.07 bits per heavy atom. The van der Waals surface area contributed by atoms with Crippen molar-refractivity contribution in [3.8, 4) is 17.0 Å². The molecule has 27 heavy (non-hydrogen) atoms. The van der Waals surface area contributed by atoms with E-state index in [1.165, 1.54) is 0 Å². The van der Waals surface area contributed by atoms with E-state index < -0.39 is 6.04 Å². The van der Waals surface area contributed by atoms with Gasteiger partial charge in [-0.1, -0.05) is 5.10 Å². The Bertz CT molecular complexity index is 1160. The summed E-state index contributed by atoms with van der Waals surface area (Å²) in [4.78, 5) is 12.5. The Labute approximate surface area is 151 Å². The molecule has 4 aromatic rings. The molecule has 0 fully saturated rings. The van der Waals surface area contributed by atoms with Crippen LogP contribution in [-0.2, 0) is 0 Å². The number of H-pyrrole nitrogens is 1. The summed E-state index contributed by atoms with van der Waals surface area (Å²) in [6, 6.07) is 10.4. The van der Waals surface area contributed by atoms with Crippen LogP contribution >= 0.6 is 0 Å². The molecule has 0 amide bonds. The zero-order valence-corrected chi connectivity index (χ0v) is 14.1. The zero-order chi connectivity index (χ0) is 18.4. The predicted molar refractivity (Wildman–Crippen MR) is 93.9 cm³/mol. The molecule has 3 aromatic heterocycles. The lowest BCUT2D eigenvalue weighted by Crippen LogP contribution is -2.28. The molecule has 0 spiro atoms. The highest BCUT2D eigenvalue weighted by Crippen LogP contribution is 2.41. The molecule has 5 rings (SSSR count). The van der Waals surface area contributed by atoms with Crippen LogP contribution in [0.5, 0.6) is 5.75 Å². The van der Waals surface area contributed by atoms with E-state index >= 15 is 0 Å². The Morgan fingerprint density at radius 1 is 1.22 bits per heavy atom. The van der Waals surface area contributed by atoms with Gasteiger partial charge in [0.2, 0.25) is 5.95 Å². The van der Waals surface area contributed by atoms with Gasteiger partial charge in [0.25, 0.3) is 5.56 Å². The van der Waals surface area contributed by atoms with Gasteiger partial charge in [0.15, 0.2) is 0 Å². The van der Waals surface area contributed by atoms with E-state index in [0.717, 1.165) is 11.3 Å². The molecule has 0 unspecified atom stereocenters. The van der Waals surface area contributed by atoms with Crippen molar-refractivity contribution in [3.63, 3.8) is 0 Å². The third-order valence-corrected chi connectivity index (χ3v) is 4.44. The Balaban J connectivity index is 1.78. The number of benzene rings is 1. The van der Waals surface area contributed by atoms with Crippen LogP contribution in [0, 0.1) is 0 Å². The largest absolute Gasteiger partial charge is 0.497 e. The number of nitrogens with zero attached hydrogens (tertiary/aromatic N) is 5. The Morgan fingerprint density at radius 3 is 2.81 bits per heavy atom. The number of anilines is 2. The number of hydrogen-bond donors (Lipinski definition) is 2. The van der Waals surface area contributed by atoms with Crippen LogP contribution in [0.2, 0.25) is 0 Å². The quantitative estimate of drug-likeness (QED) is 0.496. The van der Waals surface area contributed by atoms with Crippen molar-refractivity contribution in [2.45, 2.75) is 6.04 Å². The van der Waals surface area contributed by atoms with E-state index in [0.29, 0.717) is 28.7 Å². The summed E-state index contributed by atoms with van der Waals surface area (Å²) < 4.78 is 12.4. The van der Waals surface area contributed by atoms with Gasteiger partial charge >= 0.3 is 0 Å². The summed E-state index contributed by atoms with van der Waals surface area (Å²) in [5.74, 6) is 1.66. The maximum atomic E-state index is 12.5. The average molecular weight is 363 g/mol. The number of rotatable bonds is 3. The second kappa shape index (κ2) is 5.80. The third kappa shape index (κ3) is 2.30. The molecule has 0 saturated carbocycles. The van der Waals surface area contributed by atoms with E-state index in [4.69, 9.17) is 9.15 Å². The van der Waals surface area contributed by atoms with E-state index in [1.807, 2.05) is 30.3 Å². The van der Waals surface area contributed by atoms with Crippen molar-refractivity contribution in [1.29, 1.82) is 0 Å². The lowest BCUT2D eigenvalue weighted by Gasteiger charge is -2.26. The number of furan rings is 1. The van der Waals surface area contributed by atoms with Crippen molar-refractivity contribution in [1.82, 2.24) is 30.4 Å². The number of methoxy groups -OCH3 is 1. The normalized spacial score (nSPS) is 14.9. The molecule has 1 aliphatic heterocycles.